The monoisotopic (exact) mass is 350 g/mol. The van der Waals surface area contributed by atoms with Crippen molar-refractivity contribution in [1.29, 1.82) is 0 Å². The summed E-state index contributed by atoms with van der Waals surface area (Å²) in [4.78, 5) is 0.343. The second-order valence-corrected chi connectivity index (χ2v) is 8.63. The van der Waals surface area contributed by atoms with Gasteiger partial charge in [-0.25, -0.2) is 8.42 Å². The molecule has 128 valence electrons. The highest BCUT2D eigenvalue weighted by Crippen LogP contribution is 2.33. The van der Waals surface area contributed by atoms with Crippen LogP contribution in [-0.4, -0.2) is 14.7 Å². The fourth-order valence-corrected chi connectivity index (χ4v) is 3.55. The minimum absolute atomic E-state index is 0.343. The van der Waals surface area contributed by atoms with Crippen LogP contribution in [0, 0.1) is 0 Å². The fourth-order valence-electron chi connectivity index (χ4n) is 2.92. The Morgan fingerprint density at radius 1 is 0.680 bits per heavy atom. The van der Waals surface area contributed by atoms with Gasteiger partial charge in [-0.05, 0) is 45.9 Å². The van der Waals surface area contributed by atoms with Gasteiger partial charge in [0.15, 0.2) is 9.84 Å². The van der Waals surface area contributed by atoms with Crippen LogP contribution in [0.15, 0.2) is 77.7 Å². The van der Waals surface area contributed by atoms with E-state index in [-0.39, 0.29) is 0 Å². The minimum atomic E-state index is -3.18. The molecule has 0 aromatic heterocycles. The molecule has 0 aliphatic rings. The first-order chi connectivity index (χ1) is 11.9. The zero-order valence-corrected chi connectivity index (χ0v) is 15.5. The predicted molar refractivity (Wildman–Crippen MR) is 105 cm³/mol. The molecule has 0 bridgehead atoms. The average Bonchev–Trinajstić information content (AvgIpc) is 2.61. The summed E-state index contributed by atoms with van der Waals surface area (Å²) in [6, 6.07) is 23.9. The highest BCUT2D eigenvalue weighted by molar-refractivity contribution is 7.90. The highest BCUT2D eigenvalue weighted by atomic mass is 32.2. The van der Waals surface area contributed by atoms with Crippen LogP contribution in [-0.2, 0) is 9.84 Å². The average molecular weight is 350 g/mol. The van der Waals surface area contributed by atoms with Gasteiger partial charge in [0.1, 0.15) is 0 Å². The summed E-state index contributed by atoms with van der Waals surface area (Å²) in [5.74, 6) is 0.507. The molecule has 0 aliphatic carbocycles. The third-order valence-electron chi connectivity index (χ3n) is 4.41. The fraction of sp³-hybridized carbons (Fsp3) is 0.182. The standard InChI is InChI=1S/C22H22O2S/c1-16(2)17-8-10-18(11-9-17)21-6-4-5-7-22(21)19-12-14-20(15-13-19)25(3,23)24/h4-16H,1-3H3. The topological polar surface area (TPSA) is 34.1 Å². The van der Waals surface area contributed by atoms with Crippen LogP contribution in [0.1, 0.15) is 25.3 Å². The summed E-state index contributed by atoms with van der Waals surface area (Å²) >= 11 is 0. The Morgan fingerprint density at radius 2 is 1.12 bits per heavy atom. The van der Waals surface area contributed by atoms with Gasteiger partial charge >= 0.3 is 0 Å². The van der Waals surface area contributed by atoms with Crippen LogP contribution in [0.2, 0.25) is 0 Å². The maximum Gasteiger partial charge on any atom is 0.175 e. The molecule has 0 amide bonds. The molecule has 0 fully saturated rings. The molecule has 0 atom stereocenters. The molecular formula is C22H22O2S. The van der Waals surface area contributed by atoms with E-state index in [1.165, 1.54) is 11.8 Å². The van der Waals surface area contributed by atoms with Gasteiger partial charge in [0, 0.05) is 6.26 Å². The largest absolute Gasteiger partial charge is 0.224 e. The first-order valence-electron chi connectivity index (χ1n) is 8.36. The number of benzene rings is 3. The van der Waals surface area contributed by atoms with Gasteiger partial charge < -0.3 is 0 Å². The number of rotatable bonds is 4. The zero-order chi connectivity index (χ0) is 18.0. The lowest BCUT2D eigenvalue weighted by Crippen LogP contribution is -1.96. The maximum absolute atomic E-state index is 11.7. The van der Waals surface area contributed by atoms with Crippen LogP contribution in [0.3, 0.4) is 0 Å². The number of sulfone groups is 1. The normalized spacial score (nSPS) is 11.7. The second-order valence-electron chi connectivity index (χ2n) is 6.62. The first-order valence-corrected chi connectivity index (χ1v) is 10.3. The Balaban J connectivity index is 2.04. The molecule has 0 unspecified atom stereocenters. The quantitative estimate of drug-likeness (QED) is 0.618. The molecule has 0 N–H and O–H groups in total. The maximum atomic E-state index is 11.7. The predicted octanol–water partition coefficient (Wildman–Crippen LogP) is 5.55. The third-order valence-corrected chi connectivity index (χ3v) is 5.54. The van der Waals surface area contributed by atoms with Crippen molar-refractivity contribution >= 4 is 9.84 Å². The summed E-state index contributed by atoms with van der Waals surface area (Å²) in [7, 11) is -3.18. The SMILES string of the molecule is CC(C)c1ccc(-c2ccccc2-c2ccc(S(C)(=O)=O)cc2)cc1. The van der Waals surface area contributed by atoms with Gasteiger partial charge in [0.05, 0.1) is 4.90 Å². The Morgan fingerprint density at radius 3 is 1.52 bits per heavy atom. The van der Waals surface area contributed by atoms with E-state index >= 15 is 0 Å². The van der Waals surface area contributed by atoms with Crippen molar-refractivity contribution in [3.8, 4) is 22.3 Å². The molecule has 3 rings (SSSR count). The molecule has 3 aromatic rings. The minimum Gasteiger partial charge on any atom is -0.224 e. The van der Waals surface area contributed by atoms with Crippen molar-refractivity contribution in [1.82, 2.24) is 0 Å². The van der Waals surface area contributed by atoms with E-state index in [9.17, 15) is 8.42 Å². The Hall–Kier alpha value is -2.39. The van der Waals surface area contributed by atoms with Crippen molar-refractivity contribution in [2.75, 3.05) is 6.26 Å². The van der Waals surface area contributed by atoms with E-state index in [1.54, 1.807) is 12.1 Å². The third kappa shape index (κ3) is 3.83. The Bertz CT molecular complexity index is 967. The van der Waals surface area contributed by atoms with E-state index in [0.717, 1.165) is 22.3 Å². The van der Waals surface area contributed by atoms with E-state index in [4.69, 9.17) is 0 Å². The smallest absolute Gasteiger partial charge is 0.175 e. The lowest BCUT2D eigenvalue weighted by atomic mass is 9.93. The van der Waals surface area contributed by atoms with E-state index in [1.807, 2.05) is 24.3 Å². The van der Waals surface area contributed by atoms with Gasteiger partial charge in [-0.2, -0.15) is 0 Å². The van der Waals surface area contributed by atoms with Crippen molar-refractivity contribution in [2.24, 2.45) is 0 Å². The molecule has 0 aliphatic heterocycles. The molecule has 3 aromatic carbocycles. The Labute approximate surface area is 150 Å². The van der Waals surface area contributed by atoms with Crippen LogP contribution in [0.5, 0.6) is 0 Å². The van der Waals surface area contributed by atoms with Crippen molar-refractivity contribution in [2.45, 2.75) is 24.7 Å². The van der Waals surface area contributed by atoms with Crippen LogP contribution in [0.4, 0.5) is 0 Å². The summed E-state index contributed by atoms with van der Waals surface area (Å²) in [6.07, 6.45) is 1.23. The Kier molecular flexibility index (Phi) is 4.78. The molecular weight excluding hydrogens is 328 g/mol. The lowest BCUT2D eigenvalue weighted by Gasteiger charge is -2.12. The summed E-state index contributed by atoms with van der Waals surface area (Å²) < 4.78 is 23.3. The first kappa shape index (κ1) is 17.4. The molecule has 0 radical (unpaired) electrons. The highest BCUT2D eigenvalue weighted by Gasteiger charge is 2.10. The van der Waals surface area contributed by atoms with Gasteiger partial charge in [-0.3, -0.25) is 0 Å². The second kappa shape index (κ2) is 6.85. The molecule has 0 spiro atoms. The van der Waals surface area contributed by atoms with E-state index in [0.29, 0.717) is 10.8 Å². The van der Waals surface area contributed by atoms with Gasteiger partial charge in [0.2, 0.25) is 0 Å². The lowest BCUT2D eigenvalue weighted by molar-refractivity contribution is 0.602. The van der Waals surface area contributed by atoms with Gasteiger partial charge in [0.25, 0.3) is 0 Å². The molecule has 0 saturated heterocycles. The van der Waals surface area contributed by atoms with Gasteiger partial charge in [-0.15, -0.1) is 0 Å². The number of hydrogen-bond donors (Lipinski definition) is 0. The van der Waals surface area contributed by atoms with Crippen LogP contribution < -0.4 is 0 Å². The van der Waals surface area contributed by atoms with Crippen LogP contribution in [0.25, 0.3) is 22.3 Å². The molecule has 2 nitrogen and oxygen atoms in total. The number of hydrogen-bond acceptors (Lipinski definition) is 2. The van der Waals surface area contributed by atoms with Crippen LogP contribution >= 0.6 is 0 Å². The summed E-state index contributed by atoms with van der Waals surface area (Å²) in [5, 5.41) is 0. The van der Waals surface area contributed by atoms with E-state index < -0.39 is 9.84 Å². The summed E-state index contributed by atoms with van der Waals surface area (Å²) in [6.45, 7) is 4.37. The van der Waals surface area contributed by atoms with Crippen molar-refractivity contribution < 1.29 is 8.42 Å². The summed E-state index contributed by atoms with van der Waals surface area (Å²) in [5.41, 5.74) is 5.73. The van der Waals surface area contributed by atoms with E-state index in [2.05, 4.69) is 50.2 Å². The molecule has 0 heterocycles. The molecule has 3 heteroatoms. The molecule has 0 saturated carbocycles. The zero-order valence-electron chi connectivity index (χ0n) is 14.7. The molecule has 25 heavy (non-hydrogen) atoms. The van der Waals surface area contributed by atoms with Crippen molar-refractivity contribution in [3.63, 3.8) is 0 Å². The van der Waals surface area contributed by atoms with Gasteiger partial charge in [-0.1, -0.05) is 74.5 Å². The van der Waals surface area contributed by atoms with Crippen molar-refractivity contribution in [3.05, 3.63) is 78.4 Å².